The average molecular weight is 445 g/mol. The number of hydrogen-bond donors (Lipinski definition) is 1. The van der Waals surface area contributed by atoms with Crippen LogP contribution in [0, 0.1) is 0 Å². The Kier molecular flexibility index (Phi) is 6.79. The Morgan fingerprint density at radius 3 is 2.25 bits per heavy atom. The first-order valence-corrected chi connectivity index (χ1v) is 11.8. The number of para-hydroxylation sites is 1. The molecule has 1 heterocycles. The van der Waals surface area contributed by atoms with Crippen LogP contribution in [-0.4, -0.2) is 29.1 Å². The first-order valence-electron chi connectivity index (χ1n) is 10.5. The molecular weight excluding hydrogens is 421 g/mol. The van der Waals surface area contributed by atoms with Crippen LogP contribution < -0.4 is 15.5 Å². The van der Waals surface area contributed by atoms with Crippen LogP contribution in [0.5, 0.6) is 5.75 Å². The zero-order valence-electron chi connectivity index (χ0n) is 18.0. The van der Waals surface area contributed by atoms with E-state index in [1.54, 1.807) is 6.92 Å². The number of pyridine rings is 1. The Labute approximate surface area is 188 Å². The van der Waals surface area contributed by atoms with Crippen LogP contribution in [0.15, 0.2) is 78.9 Å². The smallest absolute Gasteiger partial charge is 0.357 e. The highest BCUT2D eigenvalue weighted by Gasteiger charge is 2.26. The molecule has 5 nitrogen and oxygen atoms in total. The summed E-state index contributed by atoms with van der Waals surface area (Å²) < 4.78 is 11.1. The fraction of sp³-hybridized carbons (Fsp3) is 0.154. The van der Waals surface area contributed by atoms with Crippen molar-refractivity contribution in [2.45, 2.75) is 13.8 Å². The standard InChI is InChI=1S/C26H24NO4P/c1-3-30-21-16-10-11-17-22(21)32(29)25-20-15-9-8-14-19(20)23(18-12-6-5-7-13-18)24(27-25)26(28)31-4-2/h5-17,29H,3-4H2,1-2H3. The molecule has 4 aromatic rings. The van der Waals surface area contributed by atoms with Crippen LogP contribution in [0.1, 0.15) is 24.3 Å². The molecule has 0 radical (unpaired) electrons. The van der Waals surface area contributed by atoms with Crippen LogP contribution in [0.4, 0.5) is 0 Å². The molecule has 0 aliphatic heterocycles. The zero-order chi connectivity index (χ0) is 22.5. The Hall–Kier alpha value is -3.27. The van der Waals surface area contributed by atoms with Crippen molar-refractivity contribution in [3.05, 3.63) is 84.6 Å². The first-order chi connectivity index (χ1) is 15.7. The van der Waals surface area contributed by atoms with E-state index >= 15 is 0 Å². The number of hydrogen-bond acceptors (Lipinski definition) is 5. The number of nitrogens with zero attached hydrogens (tertiary/aromatic N) is 1. The number of rotatable bonds is 7. The minimum Gasteiger partial charge on any atom is -0.493 e. The van der Waals surface area contributed by atoms with Gasteiger partial charge >= 0.3 is 5.97 Å². The maximum absolute atomic E-state index is 13.0. The van der Waals surface area contributed by atoms with Gasteiger partial charge in [0.05, 0.1) is 13.2 Å². The summed E-state index contributed by atoms with van der Waals surface area (Å²) in [6.07, 6.45) is 0. The van der Waals surface area contributed by atoms with Crippen LogP contribution in [0.2, 0.25) is 0 Å². The lowest BCUT2D eigenvalue weighted by molar-refractivity contribution is 0.0521. The molecule has 1 N–H and O–H groups in total. The number of esters is 1. The second kappa shape index (κ2) is 9.90. The van der Waals surface area contributed by atoms with Crippen molar-refractivity contribution in [2.24, 2.45) is 0 Å². The van der Waals surface area contributed by atoms with E-state index in [4.69, 9.17) is 14.5 Å². The molecule has 162 valence electrons. The third-order valence-electron chi connectivity index (χ3n) is 5.02. The van der Waals surface area contributed by atoms with E-state index in [1.807, 2.05) is 85.8 Å². The van der Waals surface area contributed by atoms with Gasteiger partial charge in [-0.1, -0.05) is 66.7 Å². The van der Waals surface area contributed by atoms with Gasteiger partial charge in [0.25, 0.3) is 0 Å². The van der Waals surface area contributed by atoms with Gasteiger partial charge in [-0.05, 0) is 36.9 Å². The van der Waals surface area contributed by atoms with E-state index in [0.29, 0.717) is 28.7 Å². The van der Waals surface area contributed by atoms with Crippen LogP contribution >= 0.6 is 8.15 Å². The summed E-state index contributed by atoms with van der Waals surface area (Å²) in [6.45, 7) is 4.38. The predicted molar refractivity (Wildman–Crippen MR) is 129 cm³/mol. The molecule has 0 saturated heterocycles. The molecule has 4 rings (SSSR count). The van der Waals surface area contributed by atoms with Crippen molar-refractivity contribution in [3.63, 3.8) is 0 Å². The second-order valence-electron chi connectivity index (χ2n) is 7.00. The van der Waals surface area contributed by atoms with Gasteiger partial charge in [-0.2, -0.15) is 0 Å². The van der Waals surface area contributed by atoms with Crippen molar-refractivity contribution in [2.75, 3.05) is 13.2 Å². The van der Waals surface area contributed by atoms with Crippen LogP contribution in [0.25, 0.3) is 21.9 Å². The number of carbonyl (C=O) groups excluding carboxylic acids is 1. The lowest BCUT2D eigenvalue weighted by Crippen LogP contribution is -2.22. The molecule has 1 unspecified atom stereocenters. The predicted octanol–water partition coefficient (Wildman–Crippen LogP) is 4.82. The summed E-state index contributed by atoms with van der Waals surface area (Å²) in [5, 5.41) is 2.28. The maximum atomic E-state index is 13.0. The summed E-state index contributed by atoms with van der Waals surface area (Å²) in [6, 6.07) is 24.7. The lowest BCUT2D eigenvalue weighted by Gasteiger charge is -2.19. The normalized spacial score (nSPS) is 11.8. The molecule has 1 aromatic heterocycles. The number of benzene rings is 3. The molecule has 3 aromatic carbocycles. The van der Waals surface area contributed by atoms with Crippen molar-refractivity contribution < 1.29 is 19.2 Å². The number of fused-ring (bicyclic) bond motifs is 1. The van der Waals surface area contributed by atoms with E-state index in [2.05, 4.69) is 0 Å². The molecule has 0 amide bonds. The molecule has 0 aliphatic carbocycles. The topological polar surface area (TPSA) is 68.7 Å². The minimum absolute atomic E-state index is 0.196. The maximum Gasteiger partial charge on any atom is 0.357 e. The fourth-order valence-corrected chi connectivity index (χ4v) is 5.10. The van der Waals surface area contributed by atoms with Gasteiger partial charge in [0, 0.05) is 16.3 Å². The van der Waals surface area contributed by atoms with Gasteiger partial charge in [-0.15, -0.1) is 0 Å². The second-order valence-corrected chi connectivity index (χ2v) is 8.53. The lowest BCUT2D eigenvalue weighted by atomic mass is 9.97. The molecular formula is C26H24NO4P. The van der Waals surface area contributed by atoms with Crippen molar-refractivity contribution in [1.82, 2.24) is 4.98 Å². The van der Waals surface area contributed by atoms with E-state index < -0.39 is 14.1 Å². The Bertz CT molecular complexity index is 1240. The van der Waals surface area contributed by atoms with E-state index in [-0.39, 0.29) is 12.3 Å². The van der Waals surface area contributed by atoms with Crippen molar-refractivity contribution >= 4 is 35.6 Å². The fourth-order valence-electron chi connectivity index (χ4n) is 3.68. The number of aromatic nitrogens is 1. The number of carbonyl (C=O) groups is 1. The molecule has 0 saturated carbocycles. The monoisotopic (exact) mass is 445 g/mol. The van der Waals surface area contributed by atoms with Crippen molar-refractivity contribution in [1.29, 1.82) is 0 Å². The first kappa shape index (κ1) is 21.9. The van der Waals surface area contributed by atoms with Gasteiger partial charge in [-0.3, -0.25) is 0 Å². The molecule has 6 heteroatoms. The minimum atomic E-state index is -1.88. The molecule has 1 atom stereocenters. The largest absolute Gasteiger partial charge is 0.493 e. The van der Waals surface area contributed by atoms with Crippen molar-refractivity contribution in [3.8, 4) is 16.9 Å². The van der Waals surface area contributed by atoms with Crippen LogP contribution in [0.3, 0.4) is 0 Å². The summed E-state index contributed by atoms with van der Waals surface area (Å²) in [7, 11) is -1.88. The van der Waals surface area contributed by atoms with E-state index in [1.165, 1.54) is 0 Å². The quantitative estimate of drug-likeness (QED) is 0.326. The third kappa shape index (κ3) is 4.22. The Balaban J connectivity index is 2.00. The highest BCUT2D eigenvalue weighted by molar-refractivity contribution is 7.68. The zero-order valence-corrected chi connectivity index (χ0v) is 18.9. The van der Waals surface area contributed by atoms with Gasteiger partial charge < -0.3 is 14.4 Å². The summed E-state index contributed by atoms with van der Waals surface area (Å²) in [4.78, 5) is 29.2. The van der Waals surface area contributed by atoms with Gasteiger partial charge in [-0.25, -0.2) is 9.78 Å². The molecule has 0 fully saturated rings. The molecule has 0 aliphatic rings. The van der Waals surface area contributed by atoms with E-state index in [9.17, 15) is 9.69 Å². The summed E-state index contributed by atoms with van der Waals surface area (Å²) in [5.41, 5.74) is 2.21. The van der Waals surface area contributed by atoms with Gasteiger partial charge in [0.15, 0.2) is 5.69 Å². The average Bonchev–Trinajstić information content (AvgIpc) is 2.84. The molecule has 32 heavy (non-hydrogen) atoms. The summed E-state index contributed by atoms with van der Waals surface area (Å²) in [5.74, 6) is 0.0964. The summed E-state index contributed by atoms with van der Waals surface area (Å²) >= 11 is 0. The molecule has 0 spiro atoms. The van der Waals surface area contributed by atoms with Gasteiger partial charge in [0.1, 0.15) is 19.3 Å². The highest BCUT2D eigenvalue weighted by Crippen LogP contribution is 2.38. The van der Waals surface area contributed by atoms with E-state index in [0.717, 1.165) is 16.3 Å². The SMILES string of the molecule is CCOC(=O)c1nc(P(O)c2ccccc2OCC)c2ccccc2c1-c1ccccc1. The third-order valence-corrected chi connectivity index (χ3v) is 6.58. The highest BCUT2D eigenvalue weighted by atomic mass is 31.1. The Morgan fingerprint density at radius 2 is 1.53 bits per heavy atom. The van der Waals surface area contributed by atoms with Crippen LogP contribution in [-0.2, 0) is 4.74 Å². The Morgan fingerprint density at radius 1 is 0.875 bits per heavy atom. The van der Waals surface area contributed by atoms with Gasteiger partial charge in [0.2, 0.25) is 0 Å². The number of ether oxygens (including phenoxy) is 2. The molecule has 0 bridgehead atoms.